The first-order chi connectivity index (χ1) is 11.5. The quantitative estimate of drug-likeness (QED) is 0.628. The summed E-state index contributed by atoms with van der Waals surface area (Å²) in [7, 11) is 0. The van der Waals surface area contributed by atoms with Crippen molar-refractivity contribution in [3.8, 4) is 0 Å². The molecule has 0 bridgehead atoms. The summed E-state index contributed by atoms with van der Waals surface area (Å²) in [6.07, 6.45) is 12.1. The van der Waals surface area contributed by atoms with Crippen LogP contribution in [-0.2, 0) is 4.94 Å². The molecule has 0 aromatic rings. The Hall–Kier alpha value is -0.260. The van der Waals surface area contributed by atoms with Gasteiger partial charge in [-0.05, 0) is 54.4 Å². The zero-order chi connectivity index (χ0) is 17.8. The average Bonchev–Trinajstić information content (AvgIpc) is 2.58. The number of alkyl halides is 1. The van der Waals surface area contributed by atoms with Gasteiger partial charge >= 0.3 is 0 Å². The van der Waals surface area contributed by atoms with Gasteiger partial charge in [0.2, 0.25) is 0 Å². The molecule has 0 aromatic carbocycles. The highest BCUT2D eigenvalue weighted by Crippen LogP contribution is 2.35. The van der Waals surface area contributed by atoms with Gasteiger partial charge in [-0.1, -0.05) is 39.0 Å². The van der Waals surface area contributed by atoms with E-state index in [0.29, 0.717) is 24.7 Å². The molecule has 0 amide bonds. The number of aliphatic hydroxyl groups is 2. The van der Waals surface area contributed by atoms with Crippen LogP contribution in [0.5, 0.6) is 0 Å². The van der Waals surface area contributed by atoms with E-state index in [2.05, 4.69) is 4.94 Å². The third-order valence-electron chi connectivity index (χ3n) is 5.60. The molecule has 0 saturated heterocycles. The number of rotatable bonds is 7. The molecule has 0 unspecified atom stereocenters. The van der Waals surface area contributed by atoms with Gasteiger partial charge in [0.15, 0.2) is 5.79 Å². The van der Waals surface area contributed by atoms with Gasteiger partial charge in [-0.2, -0.15) is 4.94 Å². The topological polar surface area (TPSA) is 49.7 Å². The van der Waals surface area contributed by atoms with E-state index >= 15 is 0 Å². The van der Waals surface area contributed by atoms with Crippen molar-refractivity contribution in [3.63, 3.8) is 0 Å². The Morgan fingerprint density at radius 2 is 1.42 bits per heavy atom. The average molecular weight is 350 g/mol. The fraction of sp³-hybridized carbons (Fsp3) is 1.00. The second-order valence-corrected chi connectivity index (χ2v) is 7.71. The van der Waals surface area contributed by atoms with Crippen LogP contribution in [0.3, 0.4) is 0 Å². The van der Waals surface area contributed by atoms with Crippen molar-refractivity contribution in [2.75, 3.05) is 13.3 Å². The molecular weight excluding hydrogens is 314 g/mol. The second kappa shape index (κ2) is 12.2. The largest absolute Gasteiger partial charge is 0.366 e. The van der Waals surface area contributed by atoms with Gasteiger partial charge in [0.1, 0.15) is 0 Å². The van der Waals surface area contributed by atoms with Gasteiger partial charge in [0.05, 0.1) is 13.3 Å². The second-order valence-electron chi connectivity index (χ2n) is 7.71. The van der Waals surface area contributed by atoms with Crippen LogP contribution in [0.15, 0.2) is 0 Å². The smallest absolute Gasteiger partial charge is 0.162 e. The van der Waals surface area contributed by atoms with Gasteiger partial charge < -0.3 is 10.2 Å². The van der Waals surface area contributed by atoms with Crippen LogP contribution in [0.2, 0.25) is 0 Å². The molecule has 0 aromatic heterocycles. The summed E-state index contributed by atoms with van der Waals surface area (Å²) in [6.45, 7) is 1.94. The third-order valence-corrected chi connectivity index (χ3v) is 5.60. The molecule has 2 fully saturated rings. The van der Waals surface area contributed by atoms with Gasteiger partial charge in [-0.25, -0.2) is 0 Å². The Morgan fingerprint density at radius 1 is 0.917 bits per heavy atom. The van der Waals surface area contributed by atoms with E-state index in [1.54, 1.807) is 0 Å². The first-order valence-electron chi connectivity index (χ1n) is 9.75. The van der Waals surface area contributed by atoms with Crippen molar-refractivity contribution in [2.24, 2.45) is 17.8 Å². The minimum absolute atomic E-state index is 0.126. The predicted octanol–water partition coefficient (Wildman–Crippen LogP) is 5.10. The zero-order valence-corrected chi connectivity index (χ0v) is 15.2. The molecule has 2 rings (SSSR count). The van der Waals surface area contributed by atoms with E-state index in [1.807, 2.05) is 6.92 Å². The number of hydrogen-bond acceptors (Lipinski definition) is 3. The first-order valence-corrected chi connectivity index (χ1v) is 9.75. The summed E-state index contributed by atoms with van der Waals surface area (Å²) >= 11 is 0. The van der Waals surface area contributed by atoms with Crippen molar-refractivity contribution < 1.29 is 24.1 Å². The summed E-state index contributed by atoms with van der Waals surface area (Å²) in [5.74, 6) is 0.467. The van der Waals surface area contributed by atoms with E-state index < -0.39 is 5.79 Å². The van der Waals surface area contributed by atoms with Crippen molar-refractivity contribution in [2.45, 2.75) is 89.8 Å². The van der Waals surface area contributed by atoms with Crippen LogP contribution in [-0.4, -0.2) is 29.3 Å². The summed E-state index contributed by atoms with van der Waals surface area (Å²) in [4.78, 5) is 3.19. The fourth-order valence-electron chi connectivity index (χ4n) is 3.88. The summed E-state index contributed by atoms with van der Waals surface area (Å²) < 4.78 is 23.0. The maximum absolute atomic E-state index is 12.5. The molecule has 5 heteroatoms. The molecule has 0 atom stereocenters. The minimum Gasteiger partial charge on any atom is -0.366 e. The predicted molar refractivity (Wildman–Crippen MR) is 91.8 cm³/mol. The van der Waals surface area contributed by atoms with Crippen LogP contribution < -0.4 is 0 Å². The highest BCUT2D eigenvalue weighted by Gasteiger charge is 2.30. The SMILES string of the molecule is CCCOF.OC1(O)CCC(CCCC2CCC(CF)CC2)CC1. The van der Waals surface area contributed by atoms with Crippen LogP contribution >= 0.6 is 0 Å². The molecule has 0 radical (unpaired) electrons. The maximum atomic E-state index is 12.5. The molecule has 144 valence electrons. The summed E-state index contributed by atoms with van der Waals surface area (Å²) in [5, 5.41) is 19.0. The van der Waals surface area contributed by atoms with E-state index in [1.165, 1.54) is 32.1 Å². The standard InChI is InChI=1S/C16H29FO2.C3H7FO/c17-12-15-6-4-13(5-7-15)2-1-3-14-8-10-16(18,19)11-9-14;1-2-3-5-4/h13-15,18-19H,1-12H2;2-3H2,1H3. The molecule has 24 heavy (non-hydrogen) atoms. The van der Waals surface area contributed by atoms with E-state index in [-0.39, 0.29) is 13.3 Å². The molecule has 0 aliphatic heterocycles. The molecule has 2 aliphatic rings. The van der Waals surface area contributed by atoms with Crippen LogP contribution in [0.4, 0.5) is 8.92 Å². The van der Waals surface area contributed by atoms with E-state index in [4.69, 9.17) is 0 Å². The van der Waals surface area contributed by atoms with Gasteiger partial charge in [0.25, 0.3) is 0 Å². The normalized spacial score (nSPS) is 27.4. The Morgan fingerprint density at radius 3 is 1.83 bits per heavy atom. The molecule has 2 aliphatic carbocycles. The molecular formula is C19H36F2O3. The Balaban J connectivity index is 0.000000505. The summed E-state index contributed by atoms with van der Waals surface area (Å²) in [5.41, 5.74) is 0. The summed E-state index contributed by atoms with van der Waals surface area (Å²) in [6, 6.07) is 0. The lowest BCUT2D eigenvalue weighted by molar-refractivity contribution is -0.186. The van der Waals surface area contributed by atoms with Crippen molar-refractivity contribution >= 4 is 0 Å². The Labute approximate surface area is 145 Å². The van der Waals surface area contributed by atoms with Crippen molar-refractivity contribution in [3.05, 3.63) is 0 Å². The molecule has 0 heterocycles. The fourth-order valence-corrected chi connectivity index (χ4v) is 3.88. The lowest BCUT2D eigenvalue weighted by Gasteiger charge is -2.32. The first kappa shape index (κ1) is 21.8. The minimum atomic E-state index is -1.39. The molecule has 2 N–H and O–H groups in total. The van der Waals surface area contributed by atoms with E-state index in [0.717, 1.165) is 38.0 Å². The Bertz CT molecular complexity index is 293. The number of halogens is 2. The van der Waals surface area contributed by atoms with Crippen molar-refractivity contribution in [1.29, 1.82) is 0 Å². The van der Waals surface area contributed by atoms with Gasteiger partial charge in [0, 0.05) is 12.8 Å². The van der Waals surface area contributed by atoms with Crippen LogP contribution in [0.25, 0.3) is 0 Å². The maximum Gasteiger partial charge on any atom is 0.162 e. The zero-order valence-electron chi connectivity index (χ0n) is 15.2. The molecule has 2 saturated carbocycles. The lowest BCUT2D eigenvalue weighted by atomic mass is 9.78. The third kappa shape index (κ3) is 9.28. The van der Waals surface area contributed by atoms with Gasteiger partial charge in [-0.15, -0.1) is 0 Å². The number of hydrogen-bond donors (Lipinski definition) is 2. The molecule has 0 spiro atoms. The van der Waals surface area contributed by atoms with Crippen LogP contribution in [0, 0.1) is 17.8 Å². The van der Waals surface area contributed by atoms with Crippen molar-refractivity contribution in [1.82, 2.24) is 0 Å². The Kier molecular flexibility index (Phi) is 11.0. The van der Waals surface area contributed by atoms with Gasteiger partial charge in [-0.3, -0.25) is 4.39 Å². The van der Waals surface area contributed by atoms with Crippen LogP contribution in [0.1, 0.15) is 84.0 Å². The monoisotopic (exact) mass is 350 g/mol. The lowest BCUT2D eigenvalue weighted by Crippen LogP contribution is -2.33. The highest BCUT2D eigenvalue weighted by molar-refractivity contribution is 4.77. The highest BCUT2D eigenvalue weighted by atomic mass is 19.3. The molecule has 3 nitrogen and oxygen atoms in total. The van der Waals surface area contributed by atoms with E-state index in [9.17, 15) is 19.1 Å².